The molecule has 0 atom stereocenters. The summed E-state index contributed by atoms with van der Waals surface area (Å²) in [4.78, 5) is 15.2. The van der Waals surface area contributed by atoms with E-state index in [0.29, 0.717) is 5.56 Å². The number of rotatable bonds is 3. The first kappa shape index (κ1) is 10.9. The van der Waals surface area contributed by atoms with E-state index in [0.717, 1.165) is 0 Å². The average molecular weight is 233 g/mol. The molecule has 0 bridgehead atoms. The molecule has 0 aliphatic rings. The molecule has 0 fully saturated rings. The third kappa shape index (κ3) is 2.51. The number of benzene rings is 1. The van der Waals surface area contributed by atoms with E-state index in [1.165, 1.54) is 0 Å². The highest BCUT2D eigenvalue weighted by atomic mass is 16.3. The van der Waals surface area contributed by atoms with E-state index in [2.05, 4.69) is 20.5 Å². The maximum Gasteiger partial charge on any atom is 0.288 e. The molecule has 0 aliphatic carbocycles. The lowest BCUT2D eigenvalue weighted by atomic mass is 10.2. The molecule has 88 valence electrons. The van der Waals surface area contributed by atoms with E-state index in [1.54, 1.807) is 24.3 Å². The number of phenols is 1. The molecule has 7 nitrogen and oxygen atoms in total. The second kappa shape index (κ2) is 4.52. The number of carbonyl (C=O) groups is 1. The van der Waals surface area contributed by atoms with Crippen LogP contribution in [0.3, 0.4) is 0 Å². The van der Waals surface area contributed by atoms with Crippen molar-refractivity contribution in [3.8, 4) is 5.75 Å². The fourth-order valence-electron chi connectivity index (χ4n) is 1.30. The number of para-hydroxylation sites is 1. The Morgan fingerprint density at radius 2 is 2.24 bits per heavy atom. The topological polar surface area (TPSA) is 117 Å². The minimum atomic E-state index is -0.433. The van der Waals surface area contributed by atoms with Crippen molar-refractivity contribution in [1.29, 1.82) is 0 Å². The number of aromatic hydroxyl groups is 1. The normalized spacial score (nSPS) is 10.1. The number of phenolic OH excluding ortho intramolecular Hbond substituents is 1. The number of hydrogen-bond acceptors (Lipinski definition) is 5. The van der Waals surface area contributed by atoms with E-state index in [4.69, 9.17) is 5.73 Å². The van der Waals surface area contributed by atoms with Gasteiger partial charge in [-0.05, 0) is 6.07 Å². The van der Waals surface area contributed by atoms with Crippen LogP contribution in [0.4, 0.5) is 5.95 Å². The van der Waals surface area contributed by atoms with Gasteiger partial charge in [0.25, 0.3) is 5.91 Å². The minimum absolute atomic E-state index is 0.0118. The molecule has 0 saturated carbocycles. The SMILES string of the molecule is Nc1n[nH]c(C(=O)NCc2ccccc2O)n1. The van der Waals surface area contributed by atoms with Crippen LogP contribution in [0.25, 0.3) is 0 Å². The quantitative estimate of drug-likeness (QED) is 0.596. The van der Waals surface area contributed by atoms with Crippen molar-refractivity contribution < 1.29 is 9.90 Å². The highest BCUT2D eigenvalue weighted by Gasteiger charge is 2.10. The Labute approximate surface area is 96.7 Å². The number of hydrogen-bond donors (Lipinski definition) is 4. The van der Waals surface area contributed by atoms with E-state index < -0.39 is 5.91 Å². The number of amides is 1. The standard InChI is InChI=1S/C10H11N5O2/c11-10-13-8(14-15-10)9(17)12-5-6-3-1-2-4-7(6)16/h1-4,16H,5H2,(H,12,17)(H3,11,13,14,15). The number of nitrogens with two attached hydrogens (primary N) is 1. The number of nitrogens with zero attached hydrogens (tertiary/aromatic N) is 2. The van der Waals surface area contributed by atoms with Crippen LogP contribution in [0.2, 0.25) is 0 Å². The van der Waals surface area contributed by atoms with Gasteiger partial charge in [0, 0.05) is 12.1 Å². The minimum Gasteiger partial charge on any atom is -0.508 e. The molecular weight excluding hydrogens is 222 g/mol. The summed E-state index contributed by atoms with van der Waals surface area (Å²) >= 11 is 0. The molecule has 7 heteroatoms. The Kier molecular flexibility index (Phi) is 2.91. The second-order valence-corrected chi connectivity index (χ2v) is 3.35. The second-order valence-electron chi connectivity index (χ2n) is 3.35. The fourth-order valence-corrected chi connectivity index (χ4v) is 1.30. The zero-order valence-corrected chi connectivity index (χ0v) is 8.84. The Morgan fingerprint density at radius 1 is 1.47 bits per heavy atom. The van der Waals surface area contributed by atoms with Crippen molar-refractivity contribution in [3.63, 3.8) is 0 Å². The summed E-state index contributed by atoms with van der Waals surface area (Å²) in [5, 5.41) is 18.0. The third-order valence-electron chi connectivity index (χ3n) is 2.15. The van der Waals surface area contributed by atoms with E-state index in [1.807, 2.05) is 0 Å². The summed E-state index contributed by atoms with van der Waals surface area (Å²) in [7, 11) is 0. The zero-order chi connectivity index (χ0) is 12.3. The molecule has 1 aromatic heterocycles. The van der Waals surface area contributed by atoms with Crippen molar-refractivity contribution >= 4 is 11.9 Å². The van der Waals surface area contributed by atoms with Gasteiger partial charge in [-0.1, -0.05) is 18.2 Å². The van der Waals surface area contributed by atoms with Crippen LogP contribution in [0, 0.1) is 0 Å². The number of carbonyl (C=O) groups excluding carboxylic acids is 1. The molecule has 17 heavy (non-hydrogen) atoms. The lowest BCUT2D eigenvalue weighted by Crippen LogP contribution is -2.24. The van der Waals surface area contributed by atoms with Gasteiger partial charge in [0.15, 0.2) is 0 Å². The largest absolute Gasteiger partial charge is 0.508 e. The molecular formula is C10H11N5O2. The van der Waals surface area contributed by atoms with E-state index in [9.17, 15) is 9.90 Å². The van der Waals surface area contributed by atoms with E-state index >= 15 is 0 Å². The monoisotopic (exact) mass is 233 g/mol. The average Bonchev–Trinajstić information content (AvgIpc) is 2.74. The highest BCUT2D eigenvalue weighted by Crippen LogP contribution is 2.14. The number of H-pyrrole nitrogens is 1. The van der Waals surface area contributed by atoms with Crippen LogP contribution >= 0.6 is 0 Å². The lowest BCUT2D eigenvalue weighted by molar-refractivity contribution is 0.0941. The summed E-state index contributed by atoms with van der Waals surface area (Å²) < 4.78 is 0. The molecule has 0 spiro atoms. The van der Waals surface area contributed by atoms with Gasteiger partial charge in [-0.2, -0.15) is 4.98 Å². The van der Waals surface area contributed by atoms with Crippen LogP contribution in [-0.2, 0) is 6.54 Å². The predicted molar refractivity (Wildman–Crippen MR) is 60.1 cm³/mol. The maximum absolute atomic E-state index is 11.6. The molecule has 1 amide bonds. The Morgan fingerprint density at radius 3 is 2.88 bits per heavy atom. The van der Waals surface area contributed by atoms with Crippen LogP contribution in [-0.4, -0.2) is 26.2 Å². The zero-order valence-electron chi connectivity index (χ0n) is 8.84. The first-order valence-electron chi connectivity index (χ1n) is 4.90. The van der Waals surface area contributed by atoms with Gasteiger partial charge in [0.05, 0.1) is 0 Å². The number of nitrogens with one attached hydrogen (secondary N) is 2. The Balaban J connectivity index is 1.99. The molecule has 0 unspecified atom stereocenters. The van der Waals surface area contributed by atoms with E-state index in [-0.39, 0.29) is 24.1 Å². The predicted octanol–water partition coefficient (Wildman–Crippen LogP) is 0.0225. The molecule has 0 saturated heterocycles. The lowest BCUT2D eigenvalue weighted by Gasteiger charge is -2.04. The summed E-state index contributed by atoms with van der Waals surface area (Å²) in [6.07, 6.45) is 0. The van der Waals surface area contributed by atoms with Crippen LogP contribution in [0.1, 0.15) is 16.2 Å². The molecule has 5 N–H and O–H groups in total. The highest BCUT2D eigenvalue weighted by molar-refractivity contribution is 5.90. The van der Waals surface area contributed by atoms with Crippen molar-refractivity contribution in [2.24, 2.45) is 0 Å². The van der Waals surface area contributed by atoms with Crippen LogP contribution in [0.5, 0.6) is 5.75 Å². The molecule has 0 aliphatic heterocycles. The van der Waals surface area contributed by atoms with Crippen LogP contribution in [0.15, 0.2) is 24.3 Å². The number of aromatic amines is 1. The van der Waals surface area contributed by atoms with Gasteiger partial charge in [0.2, 0.25) is 11.8 Å². The van der Waals surface area contributed by atoms with Crippen molar-refractivity contribution in [1.82, 2.24) is 20.5 Å². The van der Waals surface area contributed by atoms with Gasteiger partial charge in [-0.3, -0.25) is 9.89 Å². The first-order valence-corrected chi connectivity index (χ1v) is 4.90. The molecule has 1 heterocycles. The van der Waals surface area contributed by atoms with Gasteiger partial charge < -0.3 is 16.2 Å². The smallest absolute Gasteiger partial charge is 0.288 e. The van der Waals surface area contributed by atoms with Crippen molar-refractivity contribution in [3.05, 3.63) is 35.7 Å². The number of nitrogen functional groups attached to an aromatic ring is 1. The summed E-state index contributed by atoms with van der Waals surface area (Å²) in [5.74, 6) is -0.252. The molecule has 2 aromatic rings. The maximum atomic E-state index is 11.6. The van der Waals surface area contributed by atoms with Crippen LogP contribution < -0.4 is 11.1 Å². The van der Waals surface area contributed by atoms with Crippen molar-refractivity contribution in [2.45, 2.75) is 6.54 Å². The third-order valence-corrected chi connectivity index (χ3v) is 2.15. The number of aromatic nitrogens is 3. The molecule has 1 aromatic carbocycles. The Bertz CT molecular complexity index is 537. The fraction of sp³-hybridized carbons (Fsp3) is 0.100. The van der Waals surface area contributed by atoms with Gasteiger partial charge in [0.1, 0.15) is 5.75 Å². The van der Waals surface area contributed by atoms with Gasteiger partial charge in [-0.25, -0.2) is 0 Å². The molecule has 0 radical (unpaired) electrons. The first-order chi connectivity index (χ1) is 8.16. The van der Waals surface area contributed by atoms with Gasteiger partial charge >= 0.3 is 0 Å². The molecule has 2 rings (SSSR count). The Hall–Kier alpha value is -2.57. The van der Waals surface area contributed by atoms with Crippen molar-refractivity contribution in [2.75, 3.05) is 5.73 Å². The summed E-state index contributed by atoms with van der Waals surface area (Å²) in [6, 6.07) is 6.74. The van der Waals surface area contributed by atoms with Gasteiger partial charge in [-0.15, -0.1) is 5.10 Å². The summed E-state index contributed by atoms with van der Waals surface area (Å²) in [5.41, 5.74) is 5.89. The number of anilines is 1. The summed E-state index contributed by atoms with van der Waals surface area (Å²) in [6.45, 7) is 0.201.